The lowest BCUT2D eigenvalue weighted by Gasteiger charge is -2.13. The lowest BCUT2D eigenvalue weighted by molar-refractivity contribution is 0.324. The minimum atomic E-state index is 0.526. The molecule has 7 heteroatoms. The van der Waals surface area contributed by atoms with Crippen molar-refractivity contribution in [3.05, 3.63) is 48.5 Å². The molecule has 0 aliphatic heterocycles. The predicted molar refractivity (Wildman–Crippen MR) is 102 cm³/mol. The van der Waals surface area contributed by atoms with Gasteiger partial charge in [0.25, 0.3) is 0 Å². The molecule has 0 saturated heterocycles. The molecule has 0 bridgehead atoms. The Morgan fingerprint density at radius 1 is 0.778 bits per heavy atom. The van der Waals surface area contributed by atoms with Crippen LogP contribution in [0, 0.1) is 0 Å². The van der Waals surface area contributed by atoms with Crippen LogP contribution >= 0.6 is 0 Å². The maximum Gasteiger partial charge on any atom is 0.203 e. The first-order chi connectivity index (χ1) is 13.2. The Balaban J connectivity index is 1.86. The molecule has 0 amide bonds. The Morgan fingerprint density at radius 3 is 2.19 bits per heavy atom. The molecule has 0 unspecified atom stereocenters. The third-order valence-electron chi connectivity index (χ3n) is 4.33. The van der Waals surface area contributed by atoms with Crippen molar-refractivity contribution in [2.75, 3.05) is 21.3 Å². The van der Waals surface area contributed by atoms with Crippen LogP contribution in [0.15, 0.2) is 48.5 Å². The maximum atomic E-state index is 5.44. The SMILES string of the molecule is COc1cc(-c2n[nH]nc2-c2ccc3ccccc3n2)cc(OC)c1OC. The number of ether oxygens (including phenoxy) is 3. The summed E-state index contributed by atoms with van der Waals surface area (Å²) in [4.78, 5) is 4.71. The van der Waals surface area contributed by atoms with E-state index in [1.54, 1.807) is 21.3 Å². The Labute approximate surface area is 155 Å². The van der Waals surface area contributed by atoms with Gasteiger partial charge in [0.05, 0.1) is 32.5 Å². The van der Waals surface area contributed by atoms with Gasteiger partial charge in [0, 0.05) is 10.9 Å². The molecule has 27 heavy (non-hydrogen) atoms. The molecule has 2 aromatic carbocycles. The molecule has 0 fully saturated rings. The van der Waals surface area contributed by atoms with E-state index in [1.165, 1.54) is 0 Å². The molecule has 0 aliphatic carbocycles. The molecule has 1 N–H and O–H groups in total. The van der Waals surface area contributed by atoms with E-state index < -0.39 is 0 Å². The maximum absolute atomic E-state index is 5.44. The highest BCUT2D eigenvalue weighted by atomic mass is 16.5. The molecule has 136 valence electrons. The number of rotatable bonds is 5. The van der Waals surface area contributed by atoms with Crippen LogP contribution < -0.4 is 14.2 Å². The van der Waals surface area contributed by atoms with E-state index in [4.69, 9.17) is 19.2 Å². The third-order valence-corrected chi connectivity index (χ3v) is 4.33. The van der Waals surface area contributed by atoms with Crippen LogP contribution in [0.5, 0.6) is 17.2 Å². The first kappa shape index (κ1) is 16.8. The highest BCUT2D eigenvalue weighted by Gasteiger charge is 2.19. The first-order valence-electron chi connectivity index (χ1n) is 8.32. The molecule has 0 aliphatic rings. The molecule has 0 spiro atoms. The molecule has 4 rings (SSSR count). The Hall–Kier alpha value is -3.61. The van der Waals surface area contributed by atoms with Crippen LogP contribution in [0.2, 0.25) is 0 Å². The molecule has 2 aromatic heterocycles. The number of hydrogen-bond acceptors (Lipinski definition) is 6. The number of hydrogen-bond donors (Lipinski definition) is 1. The molecular formula is C20H18N4O3. The number of para-hydroxylation sites is 1. The molecule has 2 heterocycles. The van der Waals surface area contributed by atoms with Crippen molar-refractivity contribution in [3.8, 4) is 39.9 Å². The van der Waals surface area contributed by atoms with Gasteiger partial charge in [0.1, 0.15) is 11.4 Å². The Morgan fingerprint density at radius 2 is 1.48 bits per heavy atom. The van der Waals surface area contributed by atoms with Gasteiger partial charge in [-0.05, 0) is 24.3 Å². The van der Waals surface area contributed by atoms with Crippen molar-refractivity contribution in [2.45, 2.75) is 0 Å². The minimum Gasteiger partial charge on any atom is -0.493 e. The number of fused-ring (bicyclic) bond motifs is 1. The first-order valence-corrected chi connectivity index (χ1v) is 8.32. The number of nitrogens with zero attached hydrogens (tertiary/aromatic N) is 3. The number of aromatic amines is 1. The second-order valence-electron chi connectivity index (χ2n) is 5.82. The average molecular weight is 362 g/mol. The number of nitrogens with one attached hydrogen (secondary N) is 1. The largest absolute Gasteiger partial charge is 0.493 e. The van der Waals surface area contributed by atoms with E-state index in [0.717, 1.165) is 22.2 Å². The molecule has 0 saturated carbocycles. The number of aromatic nitrogens is 4. The Bertz CT molecular complexity index is 1080. The smallest absolute Gasteiger partial charge is 0.203 e. The fourth-order valence-electron chi connectivity index (χ4n) is 3.03. The van der Waals surface area contributed by atoms with Gasteiger partial charge < -0.3 is 14.2 Å². The zero-order valence-corrected chi connectivity index (χ0v) is 15.2. The fraction of sp³-hybridized carbons (Fsp3) is 0.150. The summed E-state index contributed by atoms with van der Waals surface area (Å²) in [6.07, 6.45) is 0. The average Bonchev–Trinajstić information content (AvgIpc) is 3.22. The second-order valence-corrected chi connectivity index (χ2v) is 5.82. The van der Waals surface area contributed by atoms with Crippen molar-refractivity contribution >= 4 is 10.9 Å². The summed E-state index contributed by atoms with van der Waals surface area (Å²) >= 11 is 0. The van der Waals surface area contributed by atoms with E-state index in [9.17, 15) is 0 Å². The quantitative estimate of drug-likeness (QED) is 0.583. The summed E-state index contributed by atoms with van der Waals surface area (Å²) in [5.41, 5.74) is 3.70. The monoisotopic (exact) mass is 362 g/mol. The summed E-state index contributed by atoms with van der Waals surface area (Å²) in [5.74, 6) is 1.62. The summed E-state index contributed by atoms with van der Waals surface area (Å²) in [5, 5.41) is 12.4. The lowest BCUT2D eigenvalue weighted by atomic mass is 10.1. The van der Waals surface area contributed by atoms with Gasteiger partial charge in [-0.15, -0.1) is 0 Å². The van der Waals surface area contributed by atoms with Crippen molar-refractivity contribution in [1.82, 2.24) is 20.4 Å². The van der Waals surface area contributed by atoms with Gasteiger partial charge in [-0.3, -0.25) is 0 Å². The summed E-state index contributed by atoms with van der Waals surface area (Å²) in [6, 6.07) is 15.6. The highest BCUT2D eigenvalue weighted by molar-refractivity contribution is 5.84. The van der Waals surface area contributed by atoms with Crippen LogP contribution in [0.1, 0.15) is 0 Å². The number of methoxy groups -OCH3 is 3. The summed E-state index contributed by atoms with van der Waals surface area (Å²) in [7, 11) is 4.73. The van der Waals surface area contributed by atoms with Crippen LogP contribution in [0.25, 0.3) is 33.5 Å². The molecule has 4 aromatic rings. The van der Waals surface area contributed by atoms with E-state index >= 15 is 0 Å². The normalized spacial score (nSPS) is 10.8. The third kappa shape index (κ3) is 2.93. The van der Waals surface area contributed by atoms with Crippen molar-refractivity contribution < 1.29 is 14.2 Å². The van der Waals surface area contributed by atoms with Crippen molar-refractivity contribution in [1.29, 1.82) is 0 Å². The van der Waals surface area contributed by atoms with Gasteiger partial charge in [0.2, 0.25) is 5.75 Å². The highest BCUT2D eigenvalue weighted by Crippen LogP contribution is 2.42. The summed E-state index contributed by atoms with van der Waals surface area (Å²) in [6.45, 7) is 0. The van der Waals surface area contributed by atoms with Crippen LogP contribution in [-0.4, -0.2) is 41.7 Å². The Kier molecular flexibility index (Phi) is 4.33. The van der Waals surface area contributed by atoms with E-state index in [0.29, 0.717) is 28.6 Å². The molecule has 0 radical (unpaired) electrons. The fourth-order valence-corrected chi connectivity index (χ4v) is 3.03. The molecular weight excluding hydrogens is 344 g/mol. The van der Waals surface area contributed by atoms with Crippen molar-refractivity contribution in [2.24, 2.45) is 0 Å². The van der Waals surface area contributed by atoms with Gasteiger partial charge in [-0.25, -0.2) is 4.98 Å². The van der Waals surface area contributed by atoms with E-state index in [2.05, 4.69) is 15.4 Å². The number of pyridine rings is 1. The van der Waals surface area contributed by atoms with Gasteiger partial charge in [0.15, 0.2) is 11.5 Å². The topological polar surface area (TPSA) is 82.2 Å². The number of benzene rings is 2. The molecule has 7 nitrogen and oxygen atoms in total. The van der Waals surface area contributed by atoms with Crippen LogP contribution in [0.3, 0.4) is 0 Å². The van der Waals surface area contributed by atoms with E-state index in [-0.39, 0.29) is 0 Å². The zero-order valence-electron chi connectivity index (χ0n) is 15.2. The predicted octanol–water partition coefficient (Wildman–Crippen LogP) is 3.71. The van der Waals surface area contributed by atoms with E-state index in [1.807, 2.05) is 48.5 Å². The standard InChI is InChI=1S/C20H18N4O3/c1-25-16-10-13(11-17(26-2)20(16)27-3)18-19(23-24-22-18)15-9-8-12-6-4-5-7-14(12)21-15/h4-11H,1-3H3,(H,22,23,24). The number of H-pyrrole nitrogens is 1. The second kappa shape index (κ2) is 6.95. The lowest BCUT2D eigenvalue weighted by Crippen LogP contribution is -1.96. The minimum absolute atomic E-state index is 0.526. The van der Waals surface area contributed by atoms with Gasteiger partial charge in [-0.2, -0.15) is 15.4 Å². The van der Waals surface area contributed by atoms with Gasteiger partial charge >= 0.3 is 0 Å². The van der Waals surface area contributed by atoms with Crippen LogP contribution in [-0.2, 0) is 0 Å². The van der Waals surface area contributed by atoms with Crippen LogP contribution in [0.4, 0.5) is 0 Å². The summed E-state index contributed by atoms with van der Waals surface area (Å²) < 4.78 is 16.3. The zero-order chi connectivity index (χ0) is 18.8. The van der Waals surface area contributed by atoms with Crippen molar-refractivity contribution in [3.63, 3.8) is 0 Å². The molecule has 0 atom stereocenters. The van der Waals surface area contributed by atoms with Gasteiger partial charge in [-0.1, -0.05) is 24.3 Å².